The first kappa shape index (κ1) is 22.2. The van der Waals surface area contributed by atoms with Gasteiger partial charge in [-0.15, -0.1) is 0 Å². The zero-order valence-electron chi connectivity index (χ0n) is 17.6. The fraction of sp³-hybridized carbons (Fsp3) is 0.143. The van der Waals surface area contributed by atoms with Crippen LogP contribution in [0, 0.1) is 17.0 Å². The van der Waals surface area contributed by atoms with Crippen LogP contribution in [-0.2, 0) is 9.59 Å². The summed E-state index contributed by atoms with van der Waals surface area (Å²) in [7, 11) is 0. The second kappa shape index (κ2) is 9.51. The van der Waals surface area contributed by atoms with E-state index in [0.29, 0.717) is 22.7 Å². The highest BCUT2D eigenvalue weighted by atomic mass is 16.6. The van der Waals surface area contributed by atoms with Crippen LogP contribution in [0.15, 0.2) is 48.5 Å². The first-order valence-corrected chi connectivity index (χ1v) is 9.53. The van der Waals surface area contributed by atoms with E-state index in [1.165, 1.54) is 20.8 Å². The Morgan fingerprint density at radius 2 is 1.34 bits per heavy atom. The van der Waals surface area contributed by atoms with Gasteiger partial charge in [0.05, 0.1) is 4.92 Å². The molecule has 0 fully saturated rings. The summed E-state index contributed by atoms with van der Waals surface area (Å²) in [6.45, 7) is 4.30. The molecule has 11 nitrogen and oxygen atoms in total. The number of nitrogens with one attached hydrogen (secondary N) is 4. The fourth-order valence-corrected chi connectivity index (χ4v) is 2.95. The van der Waals surface area contributed by atoms with Crippen molar-refractivity contribution in [1.29, 1.82) is 0 Å². The topological polar surface area (TPSA) is 151 Å². The van der Waals surface area contributed by atoms with E-state index in [4.69, 9.17) is 0 Å². The number of rotatable bonds is 7. The third-order valence-electron chi connectivity index (χ3n) is 4.13. The van der Waals surface area contributed by atoms with Gasteiger partial charge in [-0.1, -0.05) is 12.1 Å². The molecule has 32 heavy (non-hydrogen) atoms. The number of amides is 2. The van der Waals surface area contributed by atoms with Crippen molar-refractivity contribution in [3.05, 3.63) is 64.3 Å². The molecular weight excluding hydrogens is 414 g/mol. The molecule has 0 aliphatic heterocycles. The van der Waals surface area contributed by atoms with Gasteiger partial charge >= 0.3 is 5.69 Å². The van der Waals surface area contributed by atoms with E-state index in [1.54, 1.807) is 48.5 Å². The molecule has 1 heterocycles. The highest BCUT2D eigenvalue weighted by Crippen LogP contribution is 2.31. The lowest BCUT2D eigenvalue weighted by atomic mass is 10.2. The maximum absolute atomic E-state index is 11.6. The van der Waals surface area contributed by atoms with Crippen molar-refractivity contribution in [2.24, 2.45) is 0 Å². The fourth-order valence-electron chi connectivity index (χ4n) is 2.95. The van der Waals surface area contributed by atoms with E-state index in [1.807, 2.05) is 0 Å². The van der Waals surface area contributed by atoms with Gasteiger partial charge in [-0.05, 0) is 43.3 Å². The summed E-state index contributed by atoms with van der Waals surface area (Å²) in [5, 5.41) is 22.9. The summed E-state index contributed by atoms with van der Waals surface area (Å²) < 4.78 is 0. The van der Waals surface area contributed by atoms with E-state index in [0.717, 1.165) is 0 Å². The molecule has 3 rings (SSSR count). The number of carbonyl (C=O) groups is 2. The quantitative estimate of drug-likeness (QED) is 0.320. The predicted octanol–water partition coefficient (Wildman–Crippen LogP) is 4.10. The van der Waals surface area contributed by atoms with Crippen LogP contribution in [0.4, 0.5) is 40.2 Å². The minimum Gasteiger partial charge on any atom is -0.334 e. The molecule has 164 valence electrons. The van der Waals surface area contributed by atoms with E-state index in [2.05, 4.69) is 31.2 Å². The molecule has 4 N–H and O–H groups in total. The number of hydrogen-bond donors (Lipinski definition) is 4. The van der Waals surface area contributed by atoms with Crippen LogP contribution >= 0.6 is 0 Å². The zero-order chi connectivity index (χ0) is 23.3. The van der Waals surface area contributed by atoms with E-state index in [9.17, 15) is 19.7 Å². The predicted molar refractivity (Wildman–Crippen MR) is 121 cm³/mol. The lowest BCUT2D eigenvalue weighted by Gasteiger charge is -2.12. The average Bonchev–Trinajstić information content (AvgIpc) is 2.67. The summed E-state index contributed by atoms with van der Waals surface area (Å²) in [6.07, 6.45) is 0. The minimum absolute atomic E-state index is 0.0111. The number of aryl methyl sites for hydroxylation is 1. The molecule has 3 aromatic rings. The Bertz CT molecular complexity index is 1200. The summed E-state index contributed by atoms with van der Waals surface area (Å²) in [5.41, 5.74) is 2.08. The van der Waals surface area contributed by atoms with E-state index >= 15 is 0 Å². The number of hydrogen-bond acceptors (Lipinski definition) is 8. The van der Waals surface area contributed by atoms with Gasteiger partial charge in [0, 0.05) is 36.6 Å². The third kappa shape index (κ3) is 5.75. The minimum atomic E-state index is -0.559. The average molecular weight is 435 g/mol. The van der Waals surface area contributed by atoms with Crippen molar-refractivity contribution in [3.63, 3.8) is 0 Å². The van der Waals surface area contributed by atoms with Gasteiger partial charge in [0.1, 0.15) is 5.69 Å². The smallest absolute Gasteiger partial charge is 0.332 e. The van der Waals surface area contributed by atoms with E-state index in [-0.39, 0.29) is 35.0 Å². The van der Waals surface area contributed by atoms with Crippen LogP contribution in [0.2, 0.25) is 0 Å². The molecule has 0 unspecified atom stereocenters. The Morgan fingerprint density at radius 1 is 0.844 bits per heavy atom. The summed E-state index contributed by atoms with van der Waals surface area (Å²) in [6, 6.07) is 13.6. The van der Waals surface area contributed by atoms with Gasteiger partial charge in [-0.25, -0.2) is 4.98 Å². The van der Waals surface area contributed by atoms with Crippen molar-refractivity contribution in [2.45, 2.75) is 20.8 Å². The monoisotopic (exact) mass is 435 g/mol. The van der Waals surface area contributed by atoms with Crippen molar-refractivity contribution >= 4 is 52.0 Å². The van der Waals surface area contributed by atoms with Crippen LogP contribution in [0.1, 0.15) is 19.5 Å². The summed E-state index contributed by atoms with van der Waals surface area (Å²) in [5.74, 6) is -0.326. The number of nitro groups is 1. The molecule has 0 aliphatic rings. The SMILES string of the molecule is CC(=O)Nc1cccc(Nc2nc(C)c([N+](=O)[O-])c(Nc3cccc(NC(C)=O)c3)n2)c1. The van der Waals surface area contributed by atoms with Crippen LogP contribution < -0.4 is 21.3 Å². The number of anilines is 6. The van der Waals surface area contributed by atoms with Crippen LogP contribution in [-0.4, -0.2) is 26.7 Å². The van der Waals surface area contributed by atoms with Gasteiger partial charge < -0.3 is 21.3 Å². The molecule has 0 bridgehead atoms. The lowest BCUT2D eigenvalue weighted by molar-refractivity contribution is -0.385. The Balaban J connectivity index is 1.93. The Labute approximate surface area is 183 Å². The standard InChI is InChI=1S/C21H21N7O4/c1-12-19(28(31)32)20(25-17-8-4-6-15(10-17)23-13(2)29)27-21(22-12)26-18-9-5-7-16(11-18)24-14(3)30/h4-11H,1-3H3,(H,23,29)(H,24,30)(H2,22,25,26,27). The van der Waals surface area contributed by atoms with Gasteiger partial charge in [-0.2, -0.15) is 4.98 Å². The summed E-state index contributed by atoms with van der Waals surface area (Å²) in [4.78, 5) is 42.1. The van der Waals surface area contributed by atoms with Gasteiger partial charge in [0.25, 0.3) is 0 Å². The largest absolute Gasteiger partial charge is 0.334 e. The molecule has 0 aliphatic carbocycles. The number of benzene rings is 2. The van der Waals surface area contributed by atoms with Gasteiger partial charge in [0.2, 0.25) is 23.6 Å². The van der Waals surface area contributed by atoms with Crippen molar-refractivity contribution < 1.29 is 14.5 Å². The molecule has 0 spiro atoms. The molecule has 0 saturated carbocycles. The van der Waals surface area contributed by atoms with Crippen LogP contribution in [0.5, 0.6) is 0 Å². The lowest BCUT2D eigenvalue weighted by Crippen LogP contribution is -2.09. The van der Waals surface area contributed by atoms with E-state index < -0.39 is 4.92 Å². The second-order valence-corrected chi connectivity index (χ2v) is 6.86. The molecule has 0 radical (unpaired) electrons. The molecular formula is C21H21N7O4. The molecule has 2 aromatic carbocycles. The summed E-state index contributed by atoms with van der Waals surface area (Å²) >= 11 is 0. The van der Waals surface area contributed by atoms with Crippen LogP contribution in [0.3, 0.4) is 0 Å². The van der Waals surface area contributed by atoms with Crippen molar-refractivity contribution in [1.82, 2.24) is 9.97 Å². The zero-order valence-corrected chi connectivity index (χ0v) is 17.6. The number of aromatic nitrogens is 2. The molecule has 11 heteroatoms. The third-order valence-corrected chi connectivity index (χ3v) is 4.13. The van der Waals surface area contributed by atoms with Crippen molar-refractivity contribution in [2.75, 3.05) is 21.3 Å². The Hall–Kier alpha value is -4.54. The maximum Gasteiger partial charge on any atom is 0.332 e. The highest BCUT2D eigenvalue weighted by Gasteiger charge is 2.22. The molecule has 0 atom stereocenters. The molecule has 0 saturated heterocycles. The van der Waals surface area contributed by atoms with Gasteiger partial charge in [-0.3, -0.25) is 19.7 Å². The van der Waals surface area contributed by atoms with Crippen LogP contribution in [0.25, 0.3) is 0 Å². The van der Waals surface area contributed by atoms with Gasteiger partial charge in [0.15, 0.2) is 0 Å². The Morgan fingerprint density at radius 3 is 1.84 bits per heavy atom. The number of carbonyl (C=O) groups excluding carboxylic acids is 2. The second-order valence-electron chi connectivity index (χ2n) is 6.86. The highest BCUT2D eigenvalue weighted by molar-refractivity contribution is 5.90. The molecule has 2 amide bonds. The first-order chi connectivity index (χ1) is 15.2. The maximum atomic E-state index is 11.6. The Kier molecular flexibility index (Phi) is 6.59. The normalized spacial score (nSPS) is 10.2. The molecule has 1 aromatic heterocycles. The van der Waals surface area contributed by atoms with Crippen molar-refractivity contribution in [3.8, 4) is 0 Å². The number of nitrogens with zero attached hydrogens (tertiary/aromatic N) is 3. The first-order valence-electron chi connectivity index (χ1n) is 9.53.